The number of carboxylic acids is 1. The number of nitriles is 1. The molecule has 1 aromatic rings. The van der Waals surface area contributed by atoms with E-state index in [1.54, 1.807) is 30.3 Å². The molecule has 0 radical (unpaired) electrons. The van der Waals surface area contributed by atoms with Gasteiger partial charge in [-0.1, -0.05) is 0 Å². The van der Waals surface area contributed by atoms with Crippen LogP contribution in [0.5, 0.6) is 5.75 Å². The molecule has 0 spiro atoms. The number of carbonyl (C=O) groups is 2. The van der Waals surface area contributed by atoms with E-state index in [0.717, 1.165) is 0 Å². The summed E-state index contributed by atoms with van der Waals surface area (Å²) in [5.41, 5.74) is 0.442. The third-order valence-corrected chi connectivity index (χ3v) is 2.63. The molecule has 0 fully saturated rings. The number of amides is 1. The molecule has 7 heteroatoms. The Morgan fingerprint density at radius 3 is 2.55 bits per heavy atom. The van der Waals surface area contributed by atoms with Gasteiger partial charge in [0.1, 0.15) is 23.4 Å². The van der Waals surface area contributed by atoms with Crippen molar-refractivity contribution in [3.63, 3.8) is 0 Å². The first-order valence-electron chi connectivity index (χ1n) is 6.61. The standard InChI is InChI=1S/C15H17N3O4/c1-3-22-13-6-4-12(5-7-13)17-9-11(8-16)14(19)18-10(2)15(20)21/h4-7,9-10,17H,3H2,1-2H3,(H,18,19)(H,20,21)/b11-9-. The van der Waals surface area contributed by atoms with Crippen LogP contribution in [0.1, 0.15) is 13.8 Å². The second-order valence-electron chi connectivity index (χ2n) is 4.30. The van der Waals surface area contributed by atoms with Crippen molar-refractivity contribution in [1.29, 1.82) is 5.26 Å². The van der Waals surface area contributed by atoms with Crippen molar-refractivity contribution in [2.45, 2.75) is 19.9 Å². The van der Waals surface area contributed by atoms with Gasteiger partial charge in [0.25, 0.3) is 5.91 Å². The maximum Gasteiger partial charge on any atom is 0.325 e. The average molecular weight is 303 g/mol. The second kappa shape index (κ2) is 8.32. The van der Waals surface area contributed by atoms with Crippen molar-refractivity contribution in [3.8, 4) is 11.8 Å². The van der Waals surface area contributed by atoms with Crippen LogP contribution in [0.3, 0.4) is 0 Å². The number of carbonyl (C=O) groups excluding carboxylic acids is 1. The highest BCUT2D eigenvalue weighted by Crippen LogP contribution is 2.15. The normalized spacial score (nSPS) is 12.0. The Kier molecular flexibility index (Phi) is 6.44. The molecule has 1 aromatic carbocycles. The predicted molar refractivity (Wildman–Crippen MR) is 80.2 cm³/mol. The molecule has 0 saturated heterocycles. The van der Waals surface area contributed by atoms with Crippen LogP contribution in [0, 0.1) is 11.3 Å². The second-order valence-corrected chi connectivity index (χ2v) is 4.30. The Morgan fingerprint density at radius 1 is 1.41 bits per heavy atom. The van der Waals surface area contributed by atoms with E-state index < -0.39 is 17.9 Å². The summed E-state index contributed by atoms with van der Waals surface area (Å²) < 4.78 is 5.30. The minimum absolute atomic E-state index is 0.220. The van der Waals surface area contributed by atoms with E-state index in [4.69, 9.17) is 15.1 Å². The van der Waals surface area contributed by atoms with Crippen molar-refractivity contribution in [2.24, 2.45) is 0 Å². The van der Waals surface area contributed by atoms with Gasteiger partial charge in [-0.25, -0.2) is 0 Å². The number of ether oxygens (including phenoxy) is 1. The summed E-state index contributed by atoms with van der Waals surface area (Å²) in [5.74, 6) is -1.22. The van der Waals surface area contributed by atoms with Gasteiger partial charge in [-0.2, -0.15) is 5.26 Å². The highest BCUT2D eigenvalue weighted by molar-refractivity contribution is 5.99. The summed E-state index contributed by atoms with van der Waals surface area (Å²) in [6.07, 6.45) is 1.22. The Bertz CT molecular complexity index is 602. The molecule has 7 nitrogen and oxygen atoms in total. The van der Waals surface area contributed by atoms with Crippen LogP contribution in [0.4, 0.5) is 5.69 Å². The molecule has 0 aliphatic heterocycles. The number of carboxylic acid groups (broad SMARTS) is 1. The van der Waals surface area contributed by atoms with Gasteiger partial charge in [0.05, 0.1) is 6.61 Å². The van der Waals surface area contributed by atoms with Crippen molar-refractivity contribution in [1.82, 2.24) is 5.32 Å². The largest absolute Gasteiger partial charge is 0.494 e. The number of rotatable bonds is 7. The van der Waals surface area contributed by atoms with Gasteiger partial charge < -0.3 is 20.5 Å². The maximum absolute atomic E-state index is 11.7. The van der Waals surface area contributed by atoms with Gasteiger partial charge in [-0.05, 0) is 38.1 Å². The third-order valence-electron chi connectivity index (χ3n) is 2.63. The van der Waals surface area contributed by atoms with Crippen LogP contribution in [0.2, 0.25) is 0 Å². The predicted octanol–water partition coefficient (Wildman–Crippen LogP) is 1.49. The lowest BCUT2D eigenvalue weighted by Gasteiger charge is -2.09. The van der Waals surface area contributed by atoms with Gasteiger partial charge in [0.15, 0.2) is 0 Å². The van der Waals surface area contributed by atoms with Crippen molar-refractivity contribution < 1.29 is 19.4 Å². The Balaban J connectivity index is 2.70. The zero-order valence-electron chi connectivity index (χ0n) is 12.3. The molecule has 0 saturated carbocycles. The van der Waals surface area contributed by atoms with E-state index in [1.807, 2.05) is 6.92 Å². The first-order valence-corrected chi connectivity index (χ1v) is 6.61. The van der Waals surface area contributed by atoms with Crippen LogP contribution in [-0.2, 0) is 9.59 Å². The minimum Gasteiger partial charge on any atom is -0.494 e. The molecule has 1 amide bonds. The summed E-state index contributed by atoms with van der Waals surface area (Å²) in [7, 11) is 0. The topological polar surface area (TPSA) is 111 Å². The summed E-state index contributed by atoms with van der Waals surface area (Å²) in [6, 6.07) is 7.60. The molecule has 22 heavy (non-hydrogen) atoms. The number of hydrogen-bond donors (Lipinski definition) is 3. The Labute approximate surface area is 128 Å². The van der Waals surface area contributed by atoms with Gasteiger partial charge in [-0.15, -0.1) is 0 Å². The quantitative estimate of drug-likeness (QED) is 0.520. The number of nitrogens with one attached hydrogen (secondary N) is 2. The number of anilines is 1. The number of nitrogens with zero attached hydrogens (tertiary/aromatic N) is 1. The highest BCUT2D eigenvalue weighted by Gasteiger charge is 2.16. The fourth-order valence-electron chi connectivity index (χ4n) is 1.45. The van der Waals surface area contributed by atoms with Crippen molar-refractivity contribution >= 4 is 17.6 Å². The highest BCUT2D eigenvalue weighted by atomic mass is 16.5. The zero-order valence-corrected chi connectivity index (χ0v) is 12.3. The molecule has 0 aliphatic carbocycles. The van der Waals surface area contributed by atoms with Crippen LogP contribution < -0.4 is 15.4 Å². The van der Waals surface area contributed by atoms with E-state index in [-0.39, 0.29) is 5.57 Å². The lowest BCUT2D eigenvalue weighted by atomic mass is 10.2. The molecule has 1 rings (SSSR count). The molecular formula is C15H17N3O4. The van der Waals surface area contributed by atoms with Crippen LogP contribution in [-0.4, -0.2) is 29.6 Å². The molecule has 0 aromatic heterocycles. The molecule has 1 unspecified atom stereocenters. The lowest BCUT2D eigenvalue weighted by Crippen LogP contribution is -2.39. The third kappa shape index (κ3) is 5.17. The number of aliphatic carboxylic acids is 1. The monoisotopic (exact) mass is 303 g/mol. The van der Waals surface area contributed by atoms with Gasteiger partial charge in [0, 0.05) is 11.9 Å². The molecule has 0 aliphatic rings. The lowest BCUT2D eigenvalue weighted by molar-refractivity contribution is -0.140. The summed E-state index contributed by atoms with van der Waals surface area (Å²) in [5, 5.41) is 22.7. The molecule has 0 bridgehead atoms. The van der Waals surface area contributed by atoms with E-state index in [9.17, 15) is 9.59 Å². The Hall–Kier alpha value is -3.01. The van der Waals surface area contributed by atoms with Gasteiger partial charge in [0.2, 0.25) is 0 Å². The number of benzene rings is 1. The van der Waals surface area contributed by atoms with Crippen LogP contribution in [0.25, 0.3) is 0 Å². The molecule has 3 N–H and O–H groups in total. The van der Waals surface area contributed by atoms with Crippen LogP contribution >= 0.6 is 0 Å². The van der Waals surface area contributed by atoms with Crippen molar-refractivity contribution in [3.05, 3.63) is 36.0 Å². The molecular weight excluding hydrogens is 286 g/mol. The SMILES string of the molecule is CCOc1ccc(N/C=C(/C#N)C(=O)NC(C)C(=O)O)cc1. The fraction of sp³-hybridized carbons (Fsp3) is 0.267. The molecule has 116 valence electrons. The van der Waals surface area contributed by atoms with E-state index in [1.165, 1.54) is 13.1 Å². The smallest absolute Gasteiger partial charge is 0.325 e. The van der Waals surface area contributed by atoms with Gasteiger partial charge in [-0.3, -0.25) is 9.59 Å². The van der Waals surface area contributed by atoms with Gasteiger partial charge >= 0.3 is 5.97 Å². The first kappa shape index (κ1) is 17.0. The summed E-state index contributed by atoms with van der Waals surface area (Å²) >= 11 is 0. The zero-order chi connectivity index (χ0) is 16.5. The summed E-state index contributed by atoms with van der Waals surface area (Å²) in [4.78, 5) is 22.4. The van der Waals surface area contributed by atoms with Crippen LogP contribution in [0.15, 0.2) is 36.0 Å². The average Bonchev–Trinajstić information content (AvgIpc) is 2.49. The minimum atomic E-state index is -1.18. The van der Waals surface area contributed by atoms with E-state index in [2.05, 4.69) is 10.6 Å². The fourth-order valence-corrected chi connectivity index (χ4v) is 1.45. The molecule has 1 atom stereocenters. The van der Waals surface area contributed by atoms with E-state index >= 15 is 0 Å². The molecule has 0 heterocycles. The number of hydrogen-bond acceptors (Lipinski definition) is 5. The Morgan fingerprint density at radius 2 is 2.05 bits per heavy atom. The first-order chi connectivity index (χ1) is 10.5. The maximum atomic E-state index is 11.7. The van der Waals surface area contributed by atoms with Crippen molar-refractivity contribution in [2.75, 3.05) is 11.9 Å². The van der Waals surface area contributed by atoms with E-state index in [0.29, 0.717) is 18.0 Å². The summed E-state index contributed by atoms with van der Waals surface area (Å²) in [6.45, 7) is 3.76.